The third-order valence-corrected chi connectivity index (χ3v) is 5.19. The Morgan fingerprint density at radius 2 is 1.88 bits per heavy atom. The summed E-state index contributed by atoms with van der Waals surface area (Å²) in [6.45, 7) is 2.11. The van der Waals surface area contributed by atoms with Gasteiger partial charge in [-0.2, -0.15) is 0 Å². The number of carbonyl (C=O) groups is 2. The molecule has 0 saturated carbocycles. The van der Waals surface area contributed by atoms with Gasteiger partial charge in [0.1, 0.15) is 5.37 Å². The highest BCUT2D eigenvalue weighted by atomic mass is 32.2. The zero-order valence-corrected chi connectivity index (χ0v) is 14.4. The van der Waals surface area contributed by atoms with Crippen LogP contribution in [0.2, 0.25) is 0 Å². The fourth-order valence-corrected chi connectivity index (χ4v) is 4.02. The van der Waals surface area contributed by atoms with E-state index in [0.29, 0.717) is 13.0 Å². The number of anilines is 1. The lowest BCUT2D eigenvalue weighted by molar-refractivity contribution is -0.132. The number of hydrogen-bond acceptors (Lipinski definition) is 3. The maximum absolute atomic E-state index is 12.5. The number of thioether (sulfide) groups is 1. The summed E-state index contributed by atoms with van der Waals surface area (Å²) in [4.78, 5) is 25.5. The molecule has 0 aliphatic carbocycles. The van der Waals surface area contributed by atoms with Crippen molar-refractivity contribution in [3.05, 3.63) is 65.7 Å². The van der Waals surface area contributed by atoms with Crippen molar-refractivity contribution >= 4 is 29.3 Å². The zero-order chi connectivity index (χ0) is 16.9. The quantitative estimate of drug-likeness (QED) is 0.921. The molecule has 3 rings (SSSR count). The van der Waals surface area contributed by atoms with Crippen molar-refractivity contribution < 1.29 is 9.59 Å². The van der Waals surface area contributed by atoms with Crippen molar-refractivity contribution in [3.8, 4) is 0 Å². The molecule has 124 valence electrons. The first-order chi connectivity index (χ1) is 11.6. The van der Waals surface area contributed by atoms with Crippen LogP contribution in [0.3, 0.4) is 0 Å². The summed E-state index contributed by atoms with van der Waals surface area (Å²) >= 11 is 1.78. The first-order valence-corrected chi connectivity index (χ1v) is 9.01. The lowest BCUT2D eigenvalue weighted by Gasteiger charge is -2.35. The molecule has 0 radical (unpaired) electrons. The van der Waals surface area contributed by atoms with E-state index in [4.69, 9.17) is 0 Å². The molecule has 1 N–H and O–H groups in total. The molecule has 1 aliphatic rings. The molecule has 2 aromatic rings. The van der Waals surface area contributed by atoms with Gasteiger partial charge in [0.2, 0.25) is 11.8 Å². The van der Waals surface area contributed by atoms with Crippen LogP contribution in [-0.2, 0) is 16.1 Å². The van der Waals surface area contributed by atoms with Gasteiger partial charge in [0.25, 0.3) is 0 Å². The van der Waals surface area contributed by atoms with Crippen molar-refractivity contribution in [2.75, 3.05) is 11.1 Å². The summed E-state index contributed by atoms with van der Waals surface area (Å²) in [5, 5.41) is 2.78. The predicted molar refractivity (Wildman–Crippen MR) is 97.6 cm³/mol. The van der Waals surface area contributed by atoms with Crippen LogP contribution in [0.4, 0.5) is 5.69 Å². The monoisotopic (exact) mass is 340 g/mol. The molecular weight excluding hydrogens is 320 g/mol. The van der Waals surface area contributed by atoms with E-state index >= 15 is 0 Å². The molecular formula is C19H20N2O2S. The minimum absolute atomic E-state index is 0.0119. The summed E-state index contributed by atoms with van der Waals surface area (Å²) < 4.78 is 0. The van der Waals surface area contributed by atoms with Crippen LogP contribution in [0, 0.1) is 0 Å². The highest BCUT2D eigenvalue weighted by Gasteiger charge is 2.29. The Hall–Kier alpha value is -2.27. The van der Waals surface area contributed by atoms with Crippen molar-refractivity contribution in [2.24, 2.45) is 0 Å². The van der Waals surface area contributed by atoms with E-state index in [-0.39, 0.29) is 17.2 Å². The van der Waals surface area contributed by atoms with E-state index < -0.39 is 0 Å². The van der Waals surface area contributed by atoms with E-state index in [1.807, 2.05) is 59.5 Å². The van der Waals surface area contributed by atoms with Crippen LogP contribution < -0.4 is 5.32 Å². The summed E-state index contributed by atoms with van der Waals surface area (Å²) in [6.07, 6.45) is 0.581. The molecule has 1 heterocycles. The number of amides is 2. The van der Waals surface area contributed by atoms with Crippen LogP contribution >= 0.6 is 11.8 Å². The van der Waals surface area contributed by atoms with Gasteiger partial charge in [-0.3, -0.25) is 9.59 Å². The topological polar surface area (TPSA) is 49.4 Å². The highest BCUT2D eigenvalue weighted by Crippen LogP contribution is 2.38. The standard InChI is InChI=1S/C19H20N2O2S/c1-14(22)20-17-9-7-16(8-10-17)19-21(18(23)11-12-24-19)13-15-5-3-2-4-6-15/h2-10,19H,11-13H2,1H3,(H,20,22). The average molecular weight is 340 g/mol. The van der Waals surface area contributed by atoms with Crippen molar-refractivity contribution in [2.45, 2.75) is 25.3 Å². The summed E-state index contributed by atoms with van der Waals surface area (Å²) in [5.41, 5.74) is 2.99. The van der Waals surface area contributed by atoms with Gasteiger partial charge in [-0.1, -0.05) is 42.5 Å². The van der Waals surface area contributed by atoms with Crippen molar-refractivity contribution in [3.63, 3.8) is 0 Å². The maximum atomic E-state index is 12.5. The summed E-state index contributed by atoms with van der Waals surface area (Å²) in [6, 6.07) is 17.8. The fraction of sp³-hybridized carbons (Fsp3) is 0.263. The predicted octanol–water partition coefficient (Wildman–Crippen LogP) is 3.81. The number of nitrogens with one attached hydrogen (secondary N) is 1. The normalized spacial score (nSPS) is 17.6. The van der Waals surface area contributed by atoms with Gasteiger partial charge in [-0.15, -0.1) is 11.8 Å². The zero-order valence-electron chi connectivity index (χ0n) is 13.6. The Morgan fingerprint density at radius 3 is 2.54 bits per heavy atom. The van der Waals surface area contributed by atoms with E-state index in [9.17, 15) is 9.59 Å². The number of nitrogens with zero attached hydrogens (tertiary/aromatic N) is 1. The third kappa shape index (κ3) is 3.97. The first kappa shape index (κ1) is 16.6. The van der Waals surface area contributed by atoms with Gasteiger partial charge < -0.3 is 10.2 Å². The molecule has 0 bridgehead atoms. The molecule has 1 aliphatic heterocycles. The molecule has 1 unspecified atom stereocenters. The van der Waals surface area contributed by atoms with Crippen LogP contribution in [0.1, 0.15) is 29.8 Å². The molecule has 0 aromatic heterocycles. The van der Waals surface area contributed by atoms with Gasteiger partial charge in [-0.25, -0.2) is 0 Å². The molecule has 5 heteroatoms. The fourth-order valence-electron chi connectivity index (χ4n) is 2.78. The summed E-state index contributed by atoms with van der Waals surface area (Å²) in [5.74, 6) is 0.937. The Labute approximate surface area is 146 Å². The van der Waals surface area contributed by atoms with Gasteiger partial charge in [0, 0.05) is 31.3 Å². The van der Waals surface area contributed by atoms with E-state index in [2.05, 4.69) is 5.32 Å². The Bertz CT molecular complexity index is 716. The Kier molecular flexibility index (Phi) is 5.20. The van der Waals surface area contributed by atoms with Crippen LogP contribution in [0.5, 0.6) is 0 Å². The molecule has 1 atom stereocenters. The molecule has 1 fully saturated rings. The highest BCUT2D eigenvalue weighted by molar-refractivity contribution is 7.99. The third-order valence-electron chi connectivity index (χ3n) is 3.91. The second kappa shape index (κ2) is 7.53. The van der Waals surface area contributed by atoms with E-state index in [1.54, 1.807) is 11.8 Å². The van der Waals surface area contributed by atoms with Crippen molar-refractivity contribution in [1.82, 2.24) is 4.90 Å². The van der Waals surface area contributed by atoms with E-state index in [1.165, 1.54) is 6.92 Å². The second-order valence-electron chi connectivity index (χ2n) is 5.78. The van der Waals surface area contributed by atoms with Crippen LogP contribution in [-0.4, -0.2) is 22.5 Å². The average Bonchev–Trinajstić information content (AvgIpc) is 2.58. The van der Waals surface area contributed by atoms with Crippen molar-refractivity contribution in [1.29, 1.82) is 0 Å². The number of hydrogen-bond donors (Lipinski definition) is 1. The van der Waals surface area contributed by atoms with E-state index in [0.717, 1.165) is 22.6 Å². The Balaban J connectivity index is 1.80. The second-order valence-corrected chi connectivity index (χ2v) is 6.97. The summed E-state index contributed by atoms with van der Waals surface area (Å²) in [7, 11) is 0. The SMILES string of the molecule is CC(=O)Nc1ccc(C2SCCC(=O)N2Cc2ccccc2)cc1. The number of rotatable bonds is 4. The molecule has 2 aromatic carbocycles. The largest absolute Gasteiger partial charge is 0.326 e. The molecule has 24 heavy (non-hydrogen) atoms. The molecule has 1 saturated heterocycles. The van der Waals surface area contributed by atoms with Crippen LogP contribution in [0.15, 0.2) is 54.6 Å². The lowest BCUT2D eigenvalue weighted by Crippen LogP contribution is -2.36. The number of benzene rings is 2. The molecule has 0 spiro atoms. The minimum Gasteiger partial charge on any atom is -0.326 e. The number of carbonyl (C=O) groups excluding carboxylic acids is 2. The first-order valence-electron chi connectivity index (χ1n) is 7.96. The molecule has 2 amide bonds. The lowest BCUT2D eigenvalue weighted by atomic mass is 10.1. The van der Waals surface area contributed by atoms with Gasteiger partial charge in [-0.05, 0) is 23.3 Å². The van der Waals surface area contributed by atoms with Crippen LogP contribution in [0.25, 0.3) is 0 Å². The molecule has 4 nitrogen and oxygen atoms in total. The van der Waals surface area contributed by atoms with Gasteiger partial charge in [0.15, 0.2) is 0 Å². The smallest absolute Gasteiger partial charge is 0.224 e. The minimum atomic E-state index is -0.0873. The Morgan fingerprint density at radius 1 is 1.17 bits per heavy atom. The maximum Gasteiger partial charge on any atom is 0.224 e. The van der Waals surface area contributed by atoms with Gasteiger partial charge in [0.05, 0.1) is 0 Å². The van der Waals surface area contributed by atoms with Gasteiger partial charge >= 0.3 is 0 Å².